The van der Waals surface area contributed by atoms with E-state index in [4.69, 9.17) is 4.74 Å². The van der Waals surface area contributed by atoms with Crippen molar-refractivity contribution in [3.63, 3.8) is 0 Å². The van der Waals surface area contributed by atoms with Gasteiger partial charge in [0, 0.05) is 19.2 Å². The van der Waals surface area contributed by atoms with Crippen molar-refractivity contribution in [3.05, 3.63) is 35.9 Å². The van der Waals surface area contributed by atoms with Crippen molar-refractivity contribution in [2.75, 3.05) is 18.4 Å². The molecule has 26 heavy (non-hydrogen) atoms. The molecule has 0 atom stereocenters. The maximum absolute atomic E-state index is 12.3. The average molecular weight is 358 g/mol. The number of amides is 2. The van der Waals surface area contributed by atoms with Crippen LogP contribution in [0.4, 0.5) is 5.69 Å². The zero-order valence-corrected chi connectivity index (χ0v) is 16.1. The molecule has 0 spiro atoms. The Bertz CT molecular complexity index is 635. The predicted molar refractivity (Wildman–Crippen MR) is 104 cm³/mol. The molecule has 142 valence electrons. The number of carbonyl (C=O) groups excluding carboxylic acids is 2. The van der Waals surface area contributed by atoms with Gasteiger partial charge in [-0.05, 0) is 70.2 Å². The Morgan fingerprint density at radius 1 is 1.19 bits per heavy atom. The van der Waals surface area contributed by atoms with Gasteiger partial charge in [0.2, 0.25) is 11.8 Å². The zero-order valence-electron chi connectivity index (χ0n) is 16.1. The van der Waals surface area contributed by atoms with Gasteiger partial charge in [0.05, 0.1) is 12.6 Å². The van der Waals surface area contributed by atoms with E-state index in [1.165, 1.54) is 25.3 Å². The van der Waals surface area contributed by atoms with Crippen LogP contribution < -0.4 is 10.1 Å². The van der Waals surface area contributed by atoms with Crippen LogP contribution in [0, 0.1) is 0 Å². The molecule has 0 saturated carbocycles. The first-order valence-corrected chi connectivity index (χ1v) is 9.44. The normalized spacial score (nSPS) is 13.9. The summed E-state index contributed by atoms with van der Waals surface area (Å²) in [6, 6.07) is 7.27. The maximum Gasteiger partial charge on any atom is 0.243 e. The van der Waals surface area contributed by atoms with Crippen LogP contribution in [0.1, 0.15) is 52.9 Å². The van der Waals surface area contributed by atoms with Gasteiger partial charge < -0.3 is 15.0 Å². The number of carbonyl (C=O) groups is 2. The first-order chi connectivity index (χ1) is 12.4. The van der Waals surface area contributed by atoms with Crippen LogP contribution in [0.3, 0.4) is 0 Å². The fourth-order valence-electron chi connectivity index (χ4n) is 3.02. The van der Waals surface area contributed by atoms with Crippen LogP contribution in [-0.4, -0.2) is 35.9 Å². The number of anilines is 1. The van der Waals surface area contributed by atoms with Crippen LogP contribution in [0.2, 0.25) is 0 Å². The van der Waals surface area contributed by atoms with Crippen molar-refractivity contribution in [2.45, 2.75) is 59.0 Å². The number of nitrogens with zero attached hydrogens (tertiary/aromatic N) is 1. The first kappa shape index (κ1) is 20.0. The van der Waals surface area contributed by atoms with Gasteiger partial charge in [0.1, 0.15) is 5.75 Å². The molecule has 2 rings (SSSR count). The van der Waals surface area contributed by atoms with Gasteiger partial charge in [-0.1, -0.05) is 11.6 Å². The minimum absolute atomic E-state index is 0.0720. The molecule has 0 fully saturated rings. The molecular formula is C21H30N2O3. The molecule has 0 aromatic heterocycles. The lowest BCUT2D eigenvalue weighted by atomic mass is 9.97. The Labute approximate surface area is 156 Å². The maximum atomic E-state index is 12.3. The first-order valence-electron chi connectivity index (χ1n) is 9.44. The SMILES string of the molecule is CC(=O)N(CCC1=CCCCC1)CC(=O)Nc1ccc(OC(C)C)cc1. The molecule has 0 saturated heterocycles. The topological polar surface area (TPSA) is 58.6 Å². The van der Waals surface area contributed by atoms with E-state index >= 15 is 0 Å². The third kappa shape index (κ3) is 6.90. The smallest absolute Gasteiger partial charge is 0.243 e. The summed E-state index contributed by atoms with van der Waals surface area (Å²) in [6.45, 7) is 6.12. The molecule has 0 bridgehead atoms. The van der Waals surface area contributed by atoms with Gasteiger partial charge in [-0.15, -0.1) is 0 Å². The highest BCUT2D eigenvalue weighted by Crippen LogP contribution is 2.20. The molecule has 5 nitrogen and oxygen atoms in total. The van der Waals surface area contributed by atoms with Gasteiger partial charge >= 0.3 is 0 Å². The van der Waals surface area contributed by atoms with Crippen molar-refractivity contribution in [1.82, 2.24) is 4.90 Å². The Kier molecular flexibility index (Phi) is 7.70. The zero-order chi connectivity index (χ0) is 18.9. The number of allylic oxidation sites excluding steroid dienone is 1. The fourth-order valence-corrected chi connectivity index (χ4v) is 3.02. The van der Waals surface area contributed by atoms with Crippen LogP contribution in [0.15, 0.2) is 35.9 Å². The van der Waals surface area contributed by atoms with Crippen molar-refractivity contribution in [3.8, 4) is 5.75 Å². The minimum atomic E-state index is -0.185. The molecule has 1 aromatic carbocycles. The second-order valence-corrected chi connectivity index (χ2v) is 7.04. The minimum Gasteiger partial charge on any atom is -0.491 e. The summed E-state index contributed by atoms with van der Waals surface area (Å²) in [5.41, 5.74) is 2.10. The summed E-state index contributed by atoms with van der Waals surface area (Å²) in [4.78, 5) is 25.8. The largest absolute Gasteiger partial charge is 0.491 e. The van der Waals surface area contributed by atoms with Gasteiger partial charge in [0.15, 0.2) is 0 Å². The quantitative estimate of drug-likeness (QED) is 0.710. The number of hydrogen-bond acceptors (Lipinski definition) is 3. The number of ether oxygens (including phenoxy) is 1. The summed E-state index contributed by atoms with van der Waals surface area (Å²) in [5.74, 6) is 0.511. The van der Waals surface area contributed by atoms with Crippen LogP contribution in [0.5, 0.6) is 5.75 Å². The number of nitrogens with one attached hydrogen (secondary N) is 1. The van der Waals surface area contributed by atoms with Crippen LogP contribution in [0.25, 0.3) is 0 Å². The van der Waals surface area contributed by atoms with E-state index in [1.54, 1.807) is 17.0 Å². The molecule has 1 aliphatic carbocycles. The Morgan fingerprint density at radius 2 is 1.92 bits per heavy atom. The lowest BCUT2D eigenvalue weighted by Gasteiger charge is -2.22. The predicted octanol–water partition coefficient (Wildman–Crippen LogP) is 4.15. The lowest BCUT2D eigenvalue weighted by Crippen LogP contribution is -2.37. The summed E-state index contributed by atoms with van der Waals surface area (Å²) in [5, 5.41) is 2.84. The standard InChI is InChI=1S/C21H30N2O3/c1-16(2)26-20-11-9-19(10-12-20)22-21(25)15-23(17(3)24)14-13-18-7-5-4-6-8-18/h7,9-12,16H,4-6,8,13-15H2,1-3H3,(H,22,25). The molecule has 1 aliphatic rings. The summed E-state index contributed by atoms with van der Waals surface area (Å²) >= 11 is 0. The Hall–Kier alpha value is -2.30. The third-order valence-electron chi connectivity index (χ3n) is 4.38. The summed E-state index contributed by atoms with van der Waals surface area (Å²) in [6.07, 6.45) is 7.97. The van der Waals surface area contributed by atoms with Crippen LogP contribution in [-0.2, 0) is 9.59 Å². The van der Waals surface area contributed by atoms with E-state index < -0.39 is 0 Å². The monoisotopic (exact) mass is 358 g/mol. The van der Waals surface area contributed by atoms with Crippen molar-refractivity contribution >= 4 is 17.5 Å². The van der Waals surface area contributed by atoms with Crippen LogP contribution >= 0.6 is 0 Å². The molecule has 0 aliphatic heterocycles. The van der Waals surface area contributed by atoms with E-state index in [9.17, 15) is 9.59 Å². The number of benzene rings is 1. The molecule has 2 amide bonds. The van der Waals surface area contributed by atoms with E-state index in [0.29, 0.717) is 12.2 Å². The van der Waals surface area contributed by atoms with E-state index in [2.05, 4.69) is 11.4 Å². The Morgan fingerprint density at radius 3 is 2.50 bits per heavy atom. The van der Waals surface area contributed by atoms with Crippen molar-refractivity contribution in [1.29, 1.82) is 0 Å². The van der Waals surface area contributed by atoms with E-state index in [0.717, 1.165) is 25.0 Å². The third-order valence-corrected chi connectivity index (χ3v) is 4.38. The number of hydrogen-bond donors (Lipinski definition) is 1. The molecule has 5 heteroatoms. The molecule has 0 unspecified atom stereocenters. The Balaban J connectivity index is 1.84. The molecule has 0 radical (unpaired) electrons. The van der Waals surface area contributed by atoms with Crippen molar-refractivity contribution in [2.24, 2.45) is 0 Å². The molecule has 1 aromatic rings. The van der Waals surface area contributed by atoms with E-state index in [-0.39, 0.29) is 24.5 Å². The van der Waals surface area contributed by atoms with Gasteiger partial charge in [0.25, 0.3) is 0 Å². The fraction of sp³-hybridized carbons (Fsp3) is 0.524. The second kappa shape index (κ2) is 10.00. The molecule has 1 N–H and O–H groups in total. The van der Waals surface area contributed by atoms with Gasteiger partial charge in [-0.2, -0.15) is 0 Å². The summed E-state index contributed by atoms with van der Waals surface area (Å²) in [7, 11) is 0. The highest BCUT2D eigenvalue weighted by Gasteiger charge is 2.15. The second-order valence-electron chi connectivity index (χ2n) is 7.04. The summed E-state index contributed by atoms with van der Waals surface area (Å²) < 4.78 is 5.59. The highest BCUT2D eigenvalue weighted by molar-refractivity contribution is 5.94. The lowest BCUT2D eigenvalue weighted by molar-refractivity contribution is -0.132. The number of rotatable bonds is 8. The molecule has 0 heterocycles. The highest BCUT2D eigenvalue weighted by atomic mass is 16.5. The average Bonchev–Trinajstić information content (AvgIpc) is 2.60. The van der Waals surface area contributed by atoms with Crippen molar-refractivity contribution < 1.29 is 14.3 Å². The molecular weight excluding hydrogens is 328 g/mol. The van der Waals surface area contributed by atoms with Gasteiger partial charge in [-0.25, -0.2) is 0 Å². The van der Waals surface area contributed by atoms with E-state index in [1.807, 2.05) is 26.0 Å². The van der Waals surface area contributed by atoms with Gasteiger partial charge in [-0.3, -0.25) is 9.59 Å².